The number of carbonyl (C=O) groups excluding carboxylic acids is 1. The number of nitrogens with zero attached hydrogens (tertiary/aromatic N) is 1. The molecule has 24 heavy (non-hydrogen) atoms. The molecule has 0 aliphatic heterocycles. The van der Waals surface area contributed by atoms with E-state index in [0.29, 0.717) is 13.0 Å². The summed E-state index contributed by atoms with van der Waals surface area (Å²) in [6.45, 7) is 6.84. The lowest BCUT2D eigenvalue weighted by molar-refractivity contribution is -0.120. The summed E-state index contributed by atoms with van der Waals surface area (Å²) in [5.41, 5.74) is 6.81. The Labute approximate surface area is 143 Å². The van der Waals surface area contributed by atoms with Crippen LogP contribution in [0.1, 0.15) is 35.6 Å². The van der Waals surface area contributed by atoms with Gasteiger partial charge in [0.1, 0.15) is 5.75 Å². The van der Waals surface area contributed by atoms with Gasteiger partial charge in [-0.25, -0.2) is 5.43 Å². The number of hydrazone groups is 1. The van der Waals surface area contributed by atoms with Crippen molar-refractivity contribution in [3.8, 4) is 5.75 Å². The number of hydrogen-bond donors (Lipinski definition) is 1. The molecule has 0 atom stereocenters. The van der Waals surface area contributed by atoms with Crippen LogP contribution in [0.25, 0.3) is 0 Å². The second-order valence-electron chi connectivity index (χ2n) is 5.82. The largest absolute Gasteiger partial charge is 0.494 e. The lowest BCUT2D eigenvalue weighted by atomic mass is 10.0. The summed E-state index contributed by atoms with van der Waals surface area (Å²) in [5, 5.41) is 4.01. The van der Waals surface area contributed by atoms with Crippen molar-refractivity contribution in [2.45, 2.75) is 33.6 Å². The molecule has 0 spiro atoms. The van der Waals surface area contributed by atoms with E-state index in [1.165, 1.54) is 5.56 Å². The highest BCUT2D eigenvalue weighted by molar-refractivity contribution is 5.83. The van der Waals surface area contributed by atoms with Gasteiger partial charge in [-0.05, 0) is 61.2 Å². The molecule has 0 unspecified atom stereocenters. The van der Waals surface area contributed by atoms with E-state index in [-0.39, 0.29) is 5.91 Å². The van der Waals surface area contributed by atoms with Crippen LogP contribution in [0.3, 0.4) is 0 Å². The molecule has 0 aromatic heterocycles. The number of ether oxygens (including phenoxy) is 1. The second-order valence-corrected chi connectivity index (χ2v) is 5.82. The highest BCUT2D eigenvalue weighted by Crippen LogP contribution is 2.12. The zero-order valence-corrected chi connectivity index (χ0v) is 14.5. The van der Waals surface area contributed by atoms with Crippen molar-refractivity contribution in [1.82, 2.24) is 5.43 Å². The number of carbonyl (C=O) groups is 1. The van der Waals surface area contributed by atoms with Crippen LogP contribution in [-0.2, 0) is 11.2 Å². The van der Waals surface area contributed by atoms with Gasteiger partial charge in [-0.3, -0.25) is 4.79 Å². The van der Waals surface area contributed by atoms with Crippen molar-refractivity contribution in [3.05, 3.63) is 64.7 Å². The predicted molar refractivity (Wildman–Crippen MR) is 97.6 cm³/mol. The third-order valence-corrected chi connectivity index (χ3v) is 3.60. The van der Waals surface area contributed by atoms with Crippen molar-refractivity contribution in [2.24, 2.45) is 5.10 Å². The van der Waals surface area contributed by atoms with Gasteiger partial charge in [-0.15, -0.1) is 0 Å². The quantitative estimate of drug-likeness (QED) is 0.622. The van der Waals surface area contributed by atoms with Gasteiger partial charge in [0, 0.05) is 0 Å². The molecule has 4 nitrogen and oxygen atoms in total. The minimum absolute atomic E-state index is 0.124. The average molecular weight is 324 g/mol. The number of benzene rings is 2. The van der Waals surface area contributed by atoms with Crippen LogP contribution < -0.4 is 10.2 Å². The number of rotatable bonds is 7. The lowest BCUT2D eigenvalue weighted by Gasteiger charge is -2.06. The SMILES string of the molecule is CCCOc1ccc(/C=N/NC(=O)Cc2ccc(C)cc2C)cc1. The summed E-state index contributed by atoms with van der Waals surface area (Å²) in [6.07, 6.45) is 2.94. The van der Waals surface area contributed by atoms with Crippen LogP contribution in [0, 0.1) is 13.8 Å². The molecule has 0 heterocycles. The molecule has 1 N–H and O–H groups in total. The van der Waals surface area contributed by atoms with Gasteiger partial charge in [0.25, 0.3) is 0 Å². The first-order valence-corrected chi connectivity index (χ1v) is 8.19. The molecule has 0 bridgehead atoms. The Bertz CT molecular complexity index is 706. The fourth-order valence-electron chi connectivity index (χ4n) is 2.31. The molecular weight excluding hydrogens is 300 g/mol. The van der Waals surface area contributed by atoms with Crippen LogP contribution >= 0.6 is 0 Å². The highest BCUT2D eigenvalue weighted by Gasteiger charge is 2.05. The van der Waals surface area contributed by atoms with Crippen molar-refractivity contribution in [1.29, 1.82) is 0 Å². The van der Waals surface area contributed by atoms with Crippen LogP contribution in [0.15, 0.2) is 47.6 Å². The van der Waals surface area contributed by atoms with Crippen LogP contribution in [0.4, 0.5) is 0 Å². The van der Waals surface area contributed by atoms with E-state index in [1.54, 1.807) is 6.21 Å². The van der Waals surface area contributed by atoms with Gasteiger partial charge in [0.05, 0.1) is 19.2 Å². The third-order valence-electron chi connectivity index (χ3n) is 3.60. The number of aryl methyl sites for hydroxylation is 2. The highest BCUT2D eigenvalue weighted by atomic mass is 16.5. The first-order valence-electron chi connectivity index (χ1n) is 8.19. The molecule has 2 aromatic rings. The number of hydrogen-bond acceptors (Lipinski definition) is 3. The van der Waals surface area contributed by atoms with Gasteiger partial charge in [-0.1, -0.05) is 30.7 Å². The van der Waals surface area contributed by atoms with Gasteiger partial charge in [0.15, 0.2) is 0 Å². The van der Waals surface area contributed by atoms with E-state index in [0.717, 1.165) is 28.9 Å². The summed E-state index contributed by atoms with van der Waals surface area (Å²) in [6, 6.07) is 13.7. The van der Waals surface area contributed by atoms with Crippen molar-refractivity contribution in [2.75, 3.05) is 6.61 Å². The lowest BCUT2D eigenvalue weighted by Crippen LogP contribution is -2.20. The molecule has 0 aliphatic carbocycles. The number of nitrogens with one attached hydrogen (secondary N) is 1. The summed E-state index contributed by atoms with van der Waals surface area (Å²) >= 11 is 0. The average Bonchev–Trinajstić information content (AvgIpc) is 2.57. The van der Waals surface area contributed by atoms with E-state index in [4.69, 9.17) is 4.74 Å². The molecule has 0 saturated carbocycles. The molecule has 2 aromatic carbocycles. The van der Waals surface area contributed by atoms with Gasteiger partial charge in [0.2, 0.25) is 5.91 Å². The van der Waals surface area contributed by atoms with Crippen LogP contribution in [0.2, 0.25) is 0 Å². The van der Waals surface area contributed by atoms with Gasteiger partial charge >= 0.3 is 0 Å². The van der Waals surface area contributed by atoms with Crippen molar-refractivity contribution in [3.63, 3.8) is 0 Å². The summed E-state index contributed by atoms with van der Waals surface area (Å²) in [4.78, 5) is 12.0. The fraction of sp³-hybridized carbons (Fsp3) is 0.300. The normalized spacial score (nSPS) is 10.8. The molecule has 126 valence electrons. The Morgan fingerprint density at radius 2 is 1.92 bits per heavy atom. The van der Waals surface area contributed by atoms with Gasteiger partial charge < -0.3 is 4.74 Å². The van der Waals surface area contributed by atoms with E-state index >= 15 is 0 Å². The zero-order chi connectivity index (χ0) is 17.4. The number of amides is 1. The third kappa shape index (κ3) is 5.54. The molecule has 0 saturated heterocycles. The standard InChI is InChI=1S/C20H24N2O2/c1-4-11-24-19-9-6-17(7-10-19)14-21-22-20(23)13-18-8-5-15(2)12-16(18)3/h5-10,12,14H,4,11,13H2,1-3H3,(H,22,23)/b21-14+. The van der Waals surface area contributed by atoms with E-state index in [9.17, 15) is 4.79 Å². The Hall–Kier alpha value is -2.62. The first kappa shape index (κ1) is 17.7. The maximum absolute atomic E-state index is 12.0. The Balaban J connectivity index is 1.85. The Morgan fingerprint density at radius 1 is 1.17 bits per heavy atom. The van der Waals surface area contributed by atoms with Crippen LogP contribution in [-0.4, -0.2) is 18.7 Å². The van der Waals surface area contributed by atoms with E-state index in [2.05, 4.69) is 23.5 Å². The summed E-state index contributed by atoms with van der Waals surface area (Å²) in [7, 11) is 0. The smallest absolute Gasteiger partial charge is 0.244 e. The van der Waals surface area contributed by atoms with E-state index in [1.807, 2.05) is 50.2 Å². The molecule has 0 fully saturated rings. The molecular formula is C20H24N2O2. The maximum atomic E-state index is 12.0. The minimum atomic E-state index is -0.124. The Kier molecular flexibility index (Phi) is 6.55. The molecule has 1 amide bonds. The predicted octanol–water partition coefficient (Wildman–Crippen LogP) is 3.79. The molecule has 0 radical (unpaired) electrons. The molecule has 2 rings (SSSR count). The van der Waals surface area contributed by atoms with Crippen LogP contribution in [0.5, 0.6) is 5.75 Å². The van der Waals surface area contributed by atoms with Crippen molar-refractivity contribution >= 4 is 12.1 Å². The van der Waals surface area contributed by atoms with Crippen molar-refractivity contribution < 1.29 is 9.53 Å². The molecule has 4 heteroatoms. The van der Waals surface area contributed by atoms with Gasteiger partial charge in [-0.2, -0.15) is 5.10 Å². The topological polar surface area (TPSA) is 50.7 Å². The maximum Gasteiger partial charge on any atom is 0.244 e. The fourth-order valence-corrected chi connectivity index (χ4v) is 2.31. The zero-order valence-electron chi connectivity index (χ0n) is 14.5. The molecule has 0 aliphatic rings. The minimum Gasteiger partial charge on any atom is -0.494 e. The summed E-state index contributed by atoms with van der Waals surface area (Å²) in [5.74, 6) is 0.717. The summed E-state index contributed by atoms with van der Waals surface area (Å²) < 4.78 is 5.52. The van der Waals surface area contributed by atoms with E-state index < -0.39 is 0 Å². The first-order chi connectivity index (χ1) is 11.6. The second kappa shape index (κ2) is 8.87. The monoisotopic (exact) mass is 324 g/mol. The Morgan fingerprint density at radius 3 is 2.58 bits per heavy atom.